The summed E-state index contributed by atoms with van der Waals surface area (Å²) in [4.78, 5) is 14.4. The molecule has 0 spiro atoms. The van der Waals surface area contributed by atoms with Crippen LogP contribution in [0.3, 0.4) is 0 Å². The van der Waals surface area contributed by atoms with E-state index in [0.29, 0.717) is 0 Å². The number of rotatable bonds is 2. The first kappa shape index (κ1) is 15.5. The molecular formula is C19H21N3OS. The highest BCUT2D eigenvalue weighted by Gasteiger charge is 2.23. The van der Waals surface area contributed by atoms with E-state index < -0.39 is 0 Å². The van der Waals surface area contributed by atoms with Crippen molar-refractivity contribution in [3.63, 3.8) is 0 Å². The fourth-order valence-corrected chi connectivity index (χ4v) is 4.28. The molecule has 0 radical (unpaired) electrons. The predicted octanol–water partition coefficient (Wildman–Crippen LogP) is 3.94. The third-order valence-electron chi connectivity index (χ3n) is 4.81. The van der Waals surface area contributed by atoms with Crippen molar-refractivity contribution in [3.05, 3.63) is 40.8 Å². The van der Waals surface area contributed by atoms with E-state index in [1.54, 1.807) is 11.3 Å². The quantitative estimate of drug-likeness (QED) is 0.768. The number of piperidine rings is 1. The molecule has 0 atom stereocenters. The van der Waals surface area contributed by atoms with Crippen molar-refractivity contribution in [3.8, 4) is 11.4 Å². The maximum Gasteiger partial charge on any atom is 0.163 e. The second-order valence-corrected chi connectivity index (χ2v) is 7.62. The standard InChI is InChI=1S/C19H21N3OS/c1-12-13(2)24-19-16(12)18(22-10-8-15(23)9-11-22)20-17(21-19)14-6-4-3-5-7-14/h3-7,15,23H,8-11H2,1-2H3. The number of aliphatic hydroxyl groups excluding tert-OH is 1. The van der Waals surface area contributed by atoms with Gasteiger partial charge in [-0.05, 0) is 32.3 Å². The Morgan fingerprint density at radius 2 is 1.79 bits per heavy atom. The van der Waals surface area contributed by atoms with E-state index in [1.807, 2.05) is 18.2 Å². The lowest BCUT2D eigenvalue weighted by molar-refractivity contribution is 0.145. The van der Waals surface area contributed by atoms with Crippen molar-refractivity contribution >= 4 is 27.4 Å². The molecule has 0 saturated carbocycles. The zero-order valence-electron chi connectivity index (χ0n) is 14.0. The van der Waals surface area contributed by atoms with Gasteiger partial charge in [-0.2, -0.15) is 0 Å². The zero-order valence-corrected chi connectivity index (χ0v) is 14.8. The van der Waals surface area contributed by atoms with Crippen molar-refractivity contribution in [2.24, 2.45) is 0 Å². The van der Waals surface area contributed by atoms with E-state index in [1.165, 1.54) is 15.8 Å². The molecule has 124 valence electrons. The molecule has 3 heterocycles. The number of fused-ring (bicyclic) bond motifs is 1. The zero-order chi connectivity index (χ0) is 16.7. The third-order valence-corrected chi connectivity index (χ3v) is 5.91. The van der Waals surface area contributed by atoms with Gasteiger partial charge in [-0.3, -0.25) is 0 Å². The van der Waals surface area contributed by atoms with Gasteiger partial charge in [0.05, 0.1) is 11.5 Å². The van der Waals surface area contributed by atoms with Crippen LogP contribution in [0.5, 0.6) is 0 Å². The summed E-state index contributed by atoms with van der Waals surface area (Å²) in [6.07, 6.45) is 1.42. The average Bonchev–Trinajstić information content (AvgIpc) is 2.90. The number of thiophene rings is 1. The number of hydrogen-bond donors (Lipinski definition) is 1. The third kappa shape index (κ3) is 2.68. The minimum Gasteiger partial charge on any atom is -0.393 e. The van der Waals surface area contributed by atoms with Crippen LogP contribution < -0.4 is 4.90 Å². The molecule has 0 amide bonds. The molecule has 1 saturated heterocycles. The van der Waals surface area contributed by atoms with Gasteiger partial charge in [0.25, 0.3) is 0 Å². The molecule has 0 unspecified atom stereocenters. The molecule has 4 nitrogen and oxygen atoms in total. The Morgan fingerprint density at radius 3 is 2.50 bits per heavy atom. The molecule has 1 aromatic carbocycles. The second kappa shape index (κ2) is 6.15. The van der Waals surface area contributed by atoms with Crippen molar-refractivity contribution < 1.29 is 5.11 Å². The summed E-state index contributed by atoms with van der Waals surface area (Å²) in [5.74, 6) is 1.80. The van der Waals surface area contributed by atoms with Crippen LogP contribution in [-0.4, -0.2) is 34.3 Å². The molecule has 2 aromatic heterocycles. The van der Waals surface area contributed by atoms with Crippen molar-refractivity contribution in [1.82, 2.24) is 9.97 Å². The minimum absolute atomic E-state index is 0.183. The number of aryl methyl sites for hydroxylation is 2. The molecule has 1 aliphatic rings. The Balaban J connectivity index is 1.89. The van der Waals surface area contributed by atoms with Crippen LogP contribution in [0, 0.1) is 13.8 Å². The summed E-state index contributed by atoms with van der Waals surface area (Å²) < 4.78 is 0. The van der Waals surface area contributed by atoms with Crippen LogP contribution in [0.2, 0.25) is 0 Å². The monoisotopic (exact) mass is 339 g/mol. The van der Waals surface area contributed by atoms with Gasteiger partial charge in [0.15, 0.2) is 5.82 Å². The van der Waals surface area contributed by atoms with E-state index in [0.717, 1.165) is 48.0 Å². The maximum absolute atomic E-state index is 9.82. The number of hydrogen-bond acceptors (Lipinski definition) is 5. The van der Waals surface area contributed by atoms with Gasteiger partial charge < -0.3 is 10.0 Å². The first-order valence-corrected chi connectivity index (χ1v) is 9.21. The SMILES string of the molecule is Cc1sc2nc(-c3ccccc3)nc(N3CCC(O)CC3)c2c1C. The van der Waals surface area contributed by atoms with E-state index in [9.17, 15) is 5.11 Å². The molecule has 24 heavy (non-hydrogen) atoms. The Labute approximate surface area is 145 Å². The molecule has 1 aliphatic heterocycles. The lowest BCUT2D eigenvalue weighted by atomic mass is 10.1. The summed E-state index contributed by atoms with van der Waals surface area (Å²) in [5.41, 5.74) is 2.32. The van der Waals surface area contributed by atoms with Gasteiger partial charge in [0, 0.05) is 23.5 Å². The van der Waals surface area contributed by atoms with Crippen LogP contribution in [0.4, 0.5) is 5.82 Å². The largest absolute Gasteiger partial charge is 0.393 e. The van der Waals surface area contributed by atoms with E-state index in [4.69, 9.17) is 9.97 Å². The van der Waals surface area contributed by atoms with Gasteiger partial charge >= 0.3 is 0 Å². The fraction of sp³-hybridized carbons (Fsp3) is 0.368. The average molecular weight is 339 g/mol. The number of aliphatic hydroxyl groups is 1. The summed E-state index contributed by atoms with van der Waals surface area (Å²) in [5, 5.41) is 11.0. The lowest BCUT2D eigenvalue weighted by Gasteiger charge is -2.31. The first-order valence-electron chi connectivity index (χ1n) is 8.39. The Hall–Kier alpha value is -1.98. The highest BCUT2D eigenvalue weighted by molar-refractivity contribution is 7.18. The molecular weight excluding hydrogens is 318 g/mol. The van der Waals surface area contributed by atoms with Gasteiger partial charge in [-0.1, -0.05) is 30.3 Å². The topological polar surface area (TPSA) is 49.2 Å². The van der Waals surface area contributed by atoms with Crippen molar-refractivity contribution in [2.75, 3.05) is 18.0 Å². The highest BCUT2D eigenvalue weighted by Crippen LogP contribution is 2.37. The molecule has 0 bridgehead atoms. The smallest absolute Gasteiger partial charge is 0.163 e. The van der Waals surface area contributed by atoms with Crippen LogP contribution in [0.25, 0.3) is 21.6 Å². The fourth-order valence-electron chi connectivity index (χ4n) is 3.25. The normalized spacial score (nSPS) is 16.0. The van der Waals surface area contributed by atoms with E-state index in [-0.39, 0.29) is 6.10 Å². The number of anilines is 1. The van der Waals surface area contributed by atoms with Gasteiger partial charge in [0.1, 0.15) is 10.6 Å². The number of aromatic nitrogens is 2. The second-order valence-electron chi connectivity index (χ2n) is 6.42. The van der Waals surface area contributed by atoms with Gasteiger partial charge in [-0.15, -0.1) is 11.3 Å². The number of nitrogens with zero attached hydrogens (tertiary/aromatic N) is 3. The predicted molar refractivity (Wildman–Crippen MR) is 99.8 cm³/mol. The summed E-state index contributed by atoms with van der Waals surface area (Å²) in [7, 11) is 0. The Kier molecular flexibility index (Phi) is 3.98. The van der Waals surface area contributed by atoms with Crippen molar-refractivity contribution in [2.45, 2.75) is 32.8 Å². The first-order chi connectivity index (χ1) is 11.6. The van der Waals surface area contributed by atoms with Crippen LogP contribution >= 0.6 is 11.3 Å². The summed E-state index contributed by atoms with van der Waals surface area (Å²) in [6, 6.07) is 10.2. The highest BCUT2D eigenvalue weighted by atomic mass is 32.1. The molecule has 3 aromatic rings. The van der Waals surface area contributed by atoms with Crippen molar-refractivity contribution in [1.29, 1.82) is 0 Å². The van der Waals surface area contributed by atoms with Crippen LogP contribution in [0.1, 0.15) is 23.3 Å². The molecule has 1 fully saturated rings. The van der Waals surface area contributed by atoms with Gasteiger partial charge in [0.2, 0.25) is 0 Å². The molecule has 1 N–H and O–H groups in total. The van der Waals surface area contributed by atoms with Crippen LogP contribution in [-0.2, 0) is 0 Å². The van der Waals surface area contributed by atoms with E-state index in [2.05, 4.69) is 30.9 Å². The Morgan fingerprint density at radius 1 is 1.08 bits per heavy atom. The van der Waals surface area contributed by atoms with E-state index >= 15 is 0 Å². The van der Waals surface area contributed by atoms with Crippen LogP contribution in [0.15, 0.2) is 30.3 Å². The summed E-state index contributed by atoms with van der Waals surface area (Å²) >= 11 is 1.74. The maximum atomic E-state index is 9.82. The Bertz CT molecular complexity index is 867. The molecule has 5 heteroatoms. The number of benzene rings is 1. The summed E-state index contributed by atoms with van der Waals surface area (Å²) in [6.45, 7) is 5.99. The lowest BCUT2D eigenvalue weighted by Crippen LogP contribution is -2.36. The minimum atomic E-state index is -0.183. The van der Waals surface area contributed by atoms with Gasteiger partial charge in [-0.25, -0.2) is 9.97 Å². The molecule has 0 aliphatic carbocycles. The molecule has 4 rings (SSSR count).